The van der Waals surface area contributed by atoms with Gasteiger partial charge < -0.3 is 9.47 Å². The van der Waals surface area contributed by atoms with Gasteiger partial charge >= 0.3 is 0 Å². The summed E-state index contributed by atoms with van der Waals surface area (Å²) in [6.45, 7) is 12.3. The molecule has 0 amide bonds. The Morgan fingerprint density at radius 1 is 1.24 bits per heavy atom. The lowest BCUT2D eigenvalue weighted by Crippen LogP contribution is -2.29. The maximum atomic E-state index is 5.09. The lowest BCUT2D eigenvalue weighted by Gasteiger charge is -2.27. The van der Waals surface area contributed by atoms with Gasteiger partial charge in [-0.15, -0.1) is 0 Å². The highest BCUT2D eigenvalue weighted by Gasteiger charge is 2.44. The summed E-state index contributed by atoms with van der Waals surface area (Å²) in [6.07, 6.45) is 1.88. The van der Waals surface area contributed by atoms with Crippen molar-refractivity contribution in [3.63, 3.8) is 0 Å². The fourth-order valence-electron chi connectivity index (χ4n) is 4.35. The van der Waals surface area contributed by atoms with E-state index < -0.39 is 0 Å². The molecule has 0 aliphatic carbocycles. The molecule has 0 spiro atoms. The number of fused-ring (bicyclic) bond motifs is 1. The molecule has 0 bridgehead atoms. The first-order chi connectivity index (χ1) is 12.0. The van der Waals surface area contributed by atoms with Gasteiger partial charge in [-0.2, -0.15) is 0 Å². The molecule has 2 aromatic heterocycles. The Hall–Kier alpha value is -1.75. The summed E-state index contributed by atoms with van der Waals surface area (Å²) in [6, 6.07) is 9.31. The topological polar surface area (TPSA) is 33.4 Å². The van der Waals surface area contributed by atoms with E-state index in [1.807, 2.05) is 24.0 Å². The van der Waals surface area contributed by atoms with Gasteiger partial charge in [-0.05, 0) is 51.5 Å². The molecule has 2 aliphatic rings. The Bertz CT molecular complexity index is 809. The minimum absolute atomic E-state index is 0.0808. The fraction of sp³-hybridized carbons (Fsp3) is 0.500. The van der Waals surface area contributed by atoms with Crippen molar-refractivity contribution in [2.75, 3.05) is 6.54 Å². The van der Waals surface area contributed by atoms with Crippen molar-refractivity contribution in [3.8, 4) is 0 Å². The Morgan fingerprint density at radius 2 is 2.04 bits per heavy atom. The number of hydrogen-bond acceptors (Lipinski definition) is 4. The van der Waals surface area contributed by atoms with Gasteiger partial charge in [0.05, 0.1) is 11.7 Å². The largest absolute Gasteiger partial charge is 0.346 e. The van der Waals surface area contributed by atoms with Crippen molar-refractivity contribution < 1.29 is 0 Å². The number of rotatable bonds is 3. The molecule has 5 heteroatoms. The van der Waals surface area contributed by atoms with Crippen molar-refractivity contribution in [2.24, 2.45) is 4.99 Å². The number of thioether (sulfide) groups is 1. The third kappa shape index (κ3) is 2.69. The van der Waals surface area contributed by atoms with Crippen molar-refractivity contribution >= 4 is 16.9 Å². The quantitative estimate of drug-likeness (QED) is 0.803. The molecule has 4 nitrogen and oxygen atoms in total. The zero-order chi connectivity index (χ0) is 17.7. The van der Waals surface area contributed by atoms with Gasteiger partial charge in [0.15, 0.2) is 5.17 Å². The molecular formula is C20H26N4S. The Balaban J connectivity index is 1.82. The number of pyridine rings is 1. The highest BCUT2D eigenvalue weighted by Crippen LogP contribution is 2.48. The van der Waals surface area contributed by atoms with Crippen molar-refractivity contribution in [1.82, 2.24) is 14.5 Å². The number of hydrogen-bond donors (Lipinski definition) is 0. The molecule has 1 saturated heterocycles. The van der Waals surface area contributed by atoms with Gasteiger partial charge in [-0.3, -0.25) is 9.98 Å². The van der Waals surface area contributed by atoms with Crippen LogP contribution in [-0.4, -0.2) is 31.4 Å². The number of aryl methyl sites for hydroxylation is 1. The molecule has 0 unspecified atom stereocenters. The number of aromatic nitrogens is 2. The molecule has 132 valence electrons. The normalized spacial score (nSPS) is 25.6. The average molecular weight is 355 g/mol. The first-order valence-corrected chi connectivity index (χ1v) is 9.95. The number of aliphatic imine (C=N–C) groups is 1. The maximum Gasteiger partial charge on any atom is 0.160 e. The van der Waals surface area contributed by atoms with Crippen LogP contribution in [0.3, 0.4) is 0 Å². The van der Waals surface area contributed by atoms with Crippen LogP contribution in [0, 0.1) is 13.8 Å². The van der Waals surface area contributed by atoms with Crippen LogP contribution in [0.15, 0.2) is 35.5 Å². The fourth-order valence-corrected chi connectivity index (χ4v) is 5.44. The molecule has 0 aromatic carbocycles. The predicted octanol–water partition coefficient (Wildman–Crippen LogP) is 4.67. The van der Waals surface area contributed by atoms with E-state index in [2.05, 4.69) is 67.3 Å². The van der Waals surface area contributed by atoms with Gasteiger partial charge in [0.1, 0.15) is 6.04 Å². The van der Waals surface area contributed by atoms with Gasteiger partial charge in [-0.25, -0.2) is 0 Å². The van der Waals surface area contributed by atoms with Crippen molar-refractivity contribution in [1.29, 1.82) is 0 Å². The van der Waals surface area contributed by atoms with Gasteiger partial charge in [0.2, 0.25) is 0 Å². The second-order valence-electron chi connectivity index (χ2n) is 7.43. The standard InChI is InChI=1S/C20H26N4S/c1-12(2)24-13(3)10-16(15(24)5)19-18(17-8-6-7-9-21-17)22-20-23(19)11-14(4)25-20/h6-10,12,14,18-19H,11H2,1-5H3/t14-,18+,19-/m0/s1. The Labute approximate surface area is 154 Å². The van der Waals surface area contributed by atoms with Crippen LogP contribution in [0.4, 0.5) is 0 Å². The van der Waals surface area contributed by atoms with E-state index in [9.17, 15) is 0 Å². The Kier molecular flexibility index (Phi) is 4.14. The van der Waals surface area contributed by atoms with E-state index in [1.54, 1.807) is 0 Å². The summed E-state index contributed by atoms with van der Waals surface area (Å²) < 4.78 is 2.44. The Morgan fingerprint density at radius 3 is 2.68 bits per heavy atom. The second kappa shape index (κ2) is 6.20. The highest BCUT2D eigenvalue weighted by molar-refractivity contribution is 8.14. The third-order valence-corrected chi connectivity index (χ3v) is 6.34. The zero-order valence-electron chi connectivity index (χ0n) is 15.6. The van der Waals surface area contributed by atoms with Gasteiger partial charge in [0.25, 0.3) is 0 Å². The van der Waals surface area contributed by atoms with E-state index >= 15 is 0 Å². The van der Waals surface area contributed by atoms with Crippen LogP contribution in [-0.2, 0) is 0 Å². The van der Waals surface area contributed by atoms with Crippen LogP contribution in [0.5, 0.6) is 0 Å². The van der Waals surface area contributed by atoms with Crippen molar-refractivity contribution in [2.45, 2.75) is 58.0 Å². The van der Waals surface area contributed by atoms with E-state index in [-0.39, 0.29) is 12.1 Å². The van der Waals surface area contributed by atoms with Gasteiger partial charge in [0, 0.05) is 35.4 Å². The molecule has 4 rings (SSSR count). The van der Waals surface area contributed by atoms with Crippen LogP contribution in [0.1, 0.15) is 61.5 Å². The highest BCUT2D eigenvalue weighted by atomic mass is 32.2. The van der Waals surface area contributed by atoms with Crippen LogP contribution >= 0.6 is 11.8 Å². The van der Waals surface area contributed by atoms with Crippen LogP contribution in [0.2, 0.25) is 0 Å². The number of nitrogens with zero attached hydrogens (tertiary/aromatic N) is 4. The molecule has 2 aromatic rings. The summed E-state index contributed by atoms with van der Waals surface area (Å²) in [5, 5.41) is 1.78. The molecule has 0 saturated carbocycles. The summed E-state index contributed by atoms with van der Waals surface area (Å²) in [7, 11) is 0. The molecule has 25 heavy (non-hydrogen) atoms. The summed E-state index contributed by atoms with van der Waals surface area (Å²) in [4.78, 5) is 12.2. The van der Waals surface area contributed by atoms with Crippen LogP contribution in [0.25, 0.3) is 0 Å². The summed E-state index contributed by atoms with van der Waals surface area (Å²) >= 11 is 1.90. The molecular weight excluding hydrogens is 328 g/mol. The third-order valence-electron chi connectivity index (χ3n) is 5.24. The minimum atomic E-state index is 0.0808. The average Bonchev–Trinajstić information content (AvgIpc) is 3.18. The molecule has 3 atom stereocenters. The monoisotopic (exact) mass is 354 g/mol. The molecule has 0 N–H and O–H groups in total. The van der Waals surface area contributed by atoms with Crippen molar-refractivity contribution in [3.05, 3.63) is 53.1 Å². The summed E-state index contributed by atoms with van der Waals surface area (Å²) in [5.41, 5.74) is 5.15. The SMILES string of the molecule is Cc1cc([C@H]2[C@@H](c3ccccn3)N=C3S[C@@H](C)CN32)c(C)n1C(C)C. The van der Waals surface area contributed by atoms with E-state index in [0.29, 0.717) is 11.3 Å². The van der Waals surface area contributed by atoms with Gasteiger partial charge in [-0.1, -0.05) is 24.8 Å². The van der Waals surface area contributed by atoms with E-state index in [1.165, 1.54) is 22.1 Å². The first-order valence-electron chi connectivity index (χ1n) is 9.07. The minimum Gasteiger partial charge on any atom is -0.346 e. The lowest BCUT2D eigenvalue weighted by molar-refractivity contribution is 0.319. The molecule has 1 fully saturated rings. The molecule has 4 heterocycles. The lowest BCUT2D eigenvalue weighted by atomic mass is 9.96. The first kappa shape index (κ1) is 16.7. The summed E-state index contributed by atoms with van der Waals surface area (Å²) in [5.74, 6) is 0. The smallest absolute Gasteiger partial charge is 0.160 e. The van der Waals surface area contributed by atoms with E-state index in [0.717, 1.165) is 12.2 Å². The molecule has 2 aliphatic heterocycles. The maximum absolute atomic E-state index is 5.09. The second-order valence-corrected chi connectivity index (χ2v) is 8.83. The number of amidine groups is 1. The van der Waals surface area contributed by atoms with E-state index in [4.69, 9.17) is 4.99 Å². The predicted molar refractivity (Wildman–Crippen MR) is 105 cm³/mol. The molecule has 0 radical (unpaired) electrons. The van der Waals surface area contributed by atoms with Crippen LogP contribution < -0.4 is 0 Å². The zero-order valence-corrected chi connectivity index (χ0v) is 16.4.